The van der Waals surface area contributed by atoms with E-state index >= 15 is 0 Å². The predicted molar refractivity (Wildman–Crippen MR) is 328 cm³/mol. The van der Waals surface area contributed by atoms with Crippen LogP contribution in [0, 0.1) is 11.8 Å². The molecule has 3 aromatic rings. The van der Waals surface area contributed by atoms with E-state index in [4.69, 9.17) is 23.7 Å². The van der Waals surface area contributed by atoms with Gasteiger partial charge in [0.15, 0.2) is 35.0 Å². The number of ether oxygens (including phenoxy) is 5. The quantitative estimate of drug-likeness (QED) is 0.0359. The molecule has 24 heteroatoms. The maximum Gasteiger partial charge on any atom is 0.416 e. The highest BCUT2D eigenvalue weighted by Gasteiger charge is 2.45. The van der Waals surface area contributed by atoms with Gasteiger partial charge in [-0.2, -0.15) is 0 Å². The number of Topliss-reactive ketones (excluding diaryl/α,β-unsaturated/α-hetero) is 2. The molecule has 5 heterocycles. The molecule has 90 heavy (non-hydrogen) atoms. The van der Waals surface area contributed by atoms with Crippen LogP contribution in [0.3, 0.4) is 0 Å². The Balaban J connectivity index is 0.804. The molecule has 480 valence electrons. The Kier molecular flexibility index (Phi) is 22.5. The van der Waals surface area contributed by atoms with E-state index in [9.17, 15) is 58.2 Å². The van der Waals surface area contributed by atoms with Crippen LogP contribution in [0.4, 0.5) is 16.2 Å². The number of amides is 7. The second-order valence-electron chi connectivity index (χ2n) is 23.6. The number of nitrogens with zero attached hydrogens (tertiary/aromatic N) is 5. The molecule has 0 fully saturated rings. The Morgan fingerprint density at radius 2 is 1.32 bits per heavy atom. The lowest BCUT2D eigenvalue weighted by Crippen LogP contribution is -2.50. The van der Waals surface area contributed by atoms with Gasteiger partial charge in [0.2, 0.25) is 11.8 Å². The molecule has 0 saturated heterocycles. The lowest BCUT2D eigenvalue weighted by molar-refractivity contribution is -0.142. The number of anilines is 1. The zero-order valence-corrected chi connectivity index (χ0v) is 51.8. The molecule has 24 nitrogen and oxygen atoms in total. The number of carboxylic acid groups (broad SMARTS) is 1. The molecule has 5 aliphatic rings. The van der Waals surface area contributed by atoms with Crippen molar-refractivity contribution in [2.24, 2.45) is 16.8 Å². The smallest absolute Gasteiger partial charge is 0.416 e. The standard InChI is InChI=1S/C66H79N7O17/c1-38(2)46(29-45(74)19-20-49(65(83)84)69-58(76)14-10-8-11-23-70-59(77)21-22-60(70)78)61(79)68-41(5)53(75)28-42-15-17-43(18-16-42)37-90-66(85)73-51-33-57(55(87-7)31-48(51)63(81)72-36-40(4)27-52(72)64(73)82)89-25-13-9-12-24-88-56-32-50-47(30-54(56)86-6)62(80)71-35-39(3)26-44(71)34-67-50/h15-18,21-22,30-36,38,41,44,46,49,52,64,82H,8-14,19-20,23-29,37H2,1-7H3,(H,68,79)(H,69,76)(H,83,84)/t41-,44-,46-,49-,52-,64-/m0/s1. The summed E-state index contributed by atoms with van der Waals surface area (Å²) in [6.07, 6.45) is 8.80. The number of ketones is 2. The molecule has 0 spiro atoms. The van der Waals surface area contributed by atoms with Gasteiger partial charge in [0.25, 0.3) is 23.6 Å². The number of carbonyl (C=O) groups excluding carboxylic acids is 9. The minimum atomic E-state index is -1.53. The van der Waals surface area contributed by atoms with Crippen molar-refractivity contribution in [1.29, 1.82) is 0 Å². The van der Waals surface area contributed by atoms with Crippen LogP contribution in [-0.2, 0) is 51.3 Å². The maximum absolute atomic E-state index is 14.3. The molecule has 6 atom stereocenters. The topological polar surface area (TPSA) is 307 Å². The number of unbranched alkanes of at least 4 members (excludes halogenated alkanes) is 4. The van der Waals surface area contributed by atoms with Crippen LogP contribution < -0.4 is 34.5 Å². The molecular weight excluding hydrogens is 1160 g/mol. The van der Waals surface area contributed by atoms with Crippen LogP contribution in [0.2, 0.25) is 0 Å². The van der Waals surface area contributed by atoms with Crippen LogP contribution in [0.25, 0.3) is 0 Å². The zero-order chi connectivity index (χ0) is 64.9. The van der Waals surface area contributed by atoms with E-state index in [1.165, 1.54) is 50.3 Å². The summed E-state index contributed by atoms with van der Waals surface area (Å²) in [6, 6.07) is 9.79. The van der Waals surface area contributed by atoms with Gasteiger partial charge in [-0.15, -0.1) is 0 Å². The van der Waals surface area contributed by atoms with Crippen molar-refractivity contribution in [3.05, 3.63) is 106 Å². The summed E-state index contributed by atoms with van der Waals surface area (Å²) in [5, 5.41) is 26.9. The lowest BCUT2D eigenvalue weighted by atomic mass is 9.88. The van der Waals surface area contributed by atoms with Crippen molar-refractivity contribution in [2.75, 3.05) is 38.9 Å². The van der Waals surface area contributed by atoms with Gasteiger partial charge in [-0.1, -0.05) is 55.7 Å². The summed E-state index contributed by atoms with van der Waals surface area (Å²) in [7, 11) is 2.95. The summed E-state index contributed by atoms with van der Waals surface area (Å²) in [5.41, 5.74) is 4.11. The number of aliphatic carboxylic acids is 1. The molecule has 5 aliphatic heterocycles. The van der Waals surface area contributed by atoms with Gasteiger partial charge in [0.05, 0.1) is 68.1 Å². The van der Waals surface area contributed by atoms with Crippen molar-refractivity contribution in [3.63, 3.8) is 0 Å². The molecule has 0 saturated carbocycles. The van der Waals surface area contributed by atoms with Gasteiger partial charge in [0, 0.05) is 81.0 Å². The summed E-state index contributed by atoms with van der Waals surface area (Å²) < 4.78 is 29.5. The van der Waals surface area contributed by atoms with Gasteiger partial charge < -0.3 is 54.3 Å². The first kappa shape index (κ1) is 66.8. The van der Waals surface area contributed by atoms with E-state index < -0.39 is 77.7 Å². The Bertz CT molecular complexity index is 3370. The first-order chi connectivity index (χ1) is 43.0. The van der Waals surface area contributed by atoms with E-state index in [-0.39, 0.29) is 98.3 Å². The third-order valence-electron chi connectivity index (χ3n) is 16.5. The van der Waals surface area contributed by atoms with E-state index in [1.807, 2.05) is 20.0 Å². The Labute approximate surface area is 522 Å². The number of hydrogen-bond donors (Lipinski definition) is 4. The van der Waals surface area contributed by atoms with Crippen LogP contribution in [0.15, 0.2) is 89.2 Å². The molecule has 8 rings (SSSR count). The number of imide groups is 1. The highest BCUT2D eigenvalue weighted by molar-refractivity contribution is 6.13. The SMILES string of the molecule is COc1cc2c(cc1OCCCCCOc1cc3c(cc1OC)C(=O)N1C=C(C)C[C@H]1[C@H](O)N3C(=O)OCc1ccc(CC(=O)[C@H](C)NC(=O)[C@@H](CC(=O)CC[C@H](NC(=O)CCCCCN3C(=O)C=CC3=O)C(=O)O)C(C)C)cc1)N=C[C@@H]1CC(C)=CN1C2=O. The number of rotatable bonds is 31. The van der Waals surface area contributed by atoms with Crippen molar-refractivity contribution in [1.82, 2.24) is 25.3 Å². The molecule has 0 unspecified atom stereocenters. The first-order valence-electron chi connectivity index (χ1n) is 30.4. The van der Waals surface area contributed by atoms with E-state index in [2.05, 4.69) is 15.6 Å². The predicted octanol–water partition coefficient (Wildman–Crippen LogP) is 7.44. The van der Waals surface area contributed by atoms with E-state index in [1.54, 1.807) is 67.6 Å². The number of benzene rings is 3. The van der Waals surface area contributed by atoms with Crippen LogP contribution >= 0.6 is 0 Å². The van der Waals surface area contributed by atoms with Gasteiger partial charge in [-0.25, -0.2) is 14.5 Å². The third-order valence-corrected chi connectivity index (χ3v) is 16.5. The number of carboxylic acids is 1. The molecule has 0 aromatic heterocycles. The normalized spacial score (nSPS) is 18.3. The number of aliphatic hydroxyl groups is 1. The van der Waals surface area contributed by atoms with Gasteiger partial charge in [-0.05, 0) is 101 Å². The molecule has 4 N–H and O–H groups in total. The molecule has 7 amide bonds. The lowest BCUT2D eigenvalue weighted by Gasteiger charge is -2.31. The van der Waals surface area contributed by atoms with Crippen molar-refractivity contribution < 1.29 is 81.8 Å². The largest absolute Gasteiger partial charge is 0.493 e. The Hall–Kier alpha value is -9.19. The van der Waals surface area contributed by atoms with Crippen LogP contribution in [-0.4, -0.2) is 155 Å². The van der Waals surface area contributed by atoms with E-state index in [0.717, 1.165) is 27.4 Å². The fraction of sp³-hybridized carbons (Fsp3) is 0.470. The fourth-order valence-corrected chi connectivity index (χ4v) is 11.3. The highest BCUT2D eigenvalue weighted by atomic mass is 16.6. The summed E-state index contributed by atoms with van der Waals surface area (Å²) in [5.74, 6) is -4.30. The number of methoxy groups -OCH3 is 2. The number of nitrogens with one attached hydrogen (secondary N) is 2. The first-order valence-corrected chi connectivity index (χ1v) is 30.4. The number of hydrogen-bond acceptors (Lipinski definition) is 17. The van der Waals surface area contributed by atoms with Gasteiger partial charge in [-0.3, -0.25) is 48.2 Å². The highest BCUT2D eigenvalue weighted by Crippen LogP contribution is 2.43. The van der Waals surface area contributed by atoms with Crippen LogP contribution in [0.5, 0.6) is 23.0 Å². The van der Waals surface area contributed by atoms with Gasteiger partial charge in [0.1, 0.15) is 18.4 Å². The average molecular weight is 1240 g/mol. The molecule has 0 radical (unpaired) electrons. The third kappa shape index (κ3) is 16.4. The number of aliphatic imine (C=N–C) groups is 1. The Morgan fingerprint density at radius 1 is 0.711 bits per heavy atom. The molecular formula is C66H79N7O17. The minimum Gasteiger partial charge on any atom is -0.493 e. The summed E-state index contributed by atoms with van der Waals surface area (Å²) in [4.78, 5) is 140. The molecule has 0 aliphatic carbocycles. The number of carbonyl (C=O) groups is 10. The van der Waals surface area contributed by atoms with Crippen molar-refractivity contribution in [2.45, 2.75) is 155 Å². The average Bonchev–Trinajstić information content (AvgIpc) is 1.67. The number of fused-ring (bicyclic) bond motifs is 4. The zero-order valence-electron chi connectivity index (χ0n) is 51.8. The minimum absolute atomic E-state index is 0.00839. The molecule has 0 bridgehead atoms. The fourth-order valence-electron chi connectivity index (χ4n) is 11.3. The second kappa shape index (κ2) is 30.3. The molecule has 3 aromatic carbocycles. The maximum atomic E-state index is 14.3. The summed E-state index contributed by atoms with van der Waals surface area (Å²) in [6.45, 7) is 9.38. The number of aliphatic hydroxyl groups excluding tert-OH is 1. The summed E-state index contributed by atoms with van der Waals surface area (Å²) >= 11 is 0. The van der Waals surface area contributed by atoms with Crippen molar-refractivity contribution >= 4 is 76.7 Å². The second-order valence-corrected chi connectivity index (χ2v) is 23.6. The monoisotopic (exact) mass is 1240 g/mol. The van der Waals surface area contributed by atoms with Crippen LogP contribution in [0.1, 0.15) is 144 Å². The van der Waals surface area contributed by atoms with E-state index in [0.29, 0.717) is 85.4 Å². The van der Waals surface area contributed by atoms with Gasteiger partial charge >= 0.3 is 12.1 Å². The Morgan fingerprint density at radius 3 is 1.98 bits per heavy atom. The van der Waals surface area contributed by atoms with Crippen molar-refractivity contribution in [3.8, 4) is 23.0 Å².